The highest BCUT2D eigenvalue weighted by Crippen LogP contribution is 2.37. The molecule has 0 bridgehead atoms. The Labute approximate surface area is 239 Å². The number of hydrogen-bond acceptors (Lipinski definition) is 6. The van der Waals surface area contributed by atoms with E-state index in [1.807, 2.05) is 32.9 Å². The van der Waals surface area contributed by atoms with Crippen molar-refractivity contribution in [2.45, 2.75) is 39.7 Å². The fourth-order valence-corrected chi connectivity index (χ4v) is 4.50. The molecule has 0 radical (unpaired) electrons. The van der Waals surface area contributed by atoms with Crippen LogP contribution in [0.2, 0.25) is 5.02 Å². The summed E-state index contributed by atoms with van der Waals surface area (Å²) in [6.07, 6.45) is 2.33. The SMILES string of the molecule is CCOc1cc(C=Nn2c([C@@H](C)CC)nc3ccc(Br)cc3c2=O)cc(Cl)c1OCc1ccc(C(=O)O)cc1. The topological polar surface area (TPSA) is 103 Å². The Bertz CT molecular complexity index is 1600. The molecule has 39 heavy (non-hydrogen) atoms. The Balaban J connectivity index is 1.67. The molecule has 8 nitrogen and oxygen atoms in total. The number of aromatic nitrogens is 2. The number of aromatic carboxylic acids is 1. The number of carboxylic acids is 1. The number of hydrogen-bond donors (Lipinski definition) is 1. The van der Waals surface area contributed by atoms with Crippen molar-refractivity contribution in [1.82, 2.24) is 9.66 Å². The van der Waals surface area contributed by atoms with Crippen LogP contribution < -0.4 is 15.0 Å². The van der Waals surface area contributed by atoms with Crippen LogP contribution in [0.5, 0.6) is 11.5 Å². The second-order valence-electron chi connectivity index (χ2n) is 8.86. The number of carboxylic acid groups (broad SMARTS) is 1. The highest BCUT2D eigenvalue weighted by Gasteiger charge is 2.17. The Hall–Kier alpha value is -3.69. The molecule has 0 spiro atoms. The van der Waals surface area contributed by atoms with E-state index in [1.165, 1.54) is 16.8 Å². The Kier molecular flexibility index (Phi) is 9.04. The molecule has 1 heterocycles. The second-order valence-corrected chi connectivity index (χ2v) is 10.2. The summed E-state index contributed by atoms with van der Waals surface area (Å²) in [6.45, 7) is 6.43. The number of carbonyl (C=O) groups is 1. The largest absolute Gasteiger partial charge is 0.490 e. The number of rotatable bonds is 10. The van der Waals surface area contributed by atoms with Crippen LogP contribution in [0.15, 0.2) is 69.0 Å². The molecule has 10 heteroatoms. The minimum Gasteiger partial charge on any atom is -0.490 e. The van der Waals surface area contributed by atoms with Gasteiger partial charge in [0.15, 0.2) is 11.5 Å². The van der Waals surface area contributed by atoms with Gasteiger partial charge in [-0.2, -0.15) is 9.78 Å². The Morgan fingerprint density at radius 3 is 2.56 bits per heavy atom. The average molecular weight is 613 g/mol. The van der Waals surface area contributed by atoms with Crippen LogP contribution in [0, 0.1) is 0 Å². The van der Waals surface area contributed by atoms with E-state index < -0.39 is 5.97 Å². The van der Waals surface area contributed by atoms with Gasteiger partial charge in [-0.3, -0.25) is 4.79 Å². The molecule has 1 N–H and O–H groups in total. The Morgan fingerprint density at radius 1 is 1.15 bits per heavy atom. The van der Waals surface area contributed by atoms with Crippen molar-refractivity contribution in [1.29, 1.82) is 0 Å². The Morgan fingerprint density at radius 2 is 1.90 bits per heavy atom. The minimum absolute atomic E-state index is 0.00538. The van der Waals surface area contributed by atoms with Gasteiger partial charge in [0.05, 0.1) is 34.3 Å². The molecule has 4 aromatic rings. The summed E-state index contributed by atoms with van der Waals surface area (Å²) < 4.78 is 13.9. The fraction of sp³-hybridized carbons (Fsp3) is 0.241. The first-order chi connectivity index (χ1) is 18.7. The first kappa shape index (κ1) is 28.3. The molecular formula is C29H27BrClN3O5. The number of fused-ring (bicyclic) bond motifs is 1. The molecule has 4 rings (SSSR count). The summed E-state index contributed by atoms with van der Waals surface area (Å²) in [5.74, 6) is 0.355. The highest BCUT2D eigenvalue weighted by atomic mass is 79.9. The van der Waals surface area contributed by atoms with E-state index >= 15 is 0 Å². The molecule has 0 unspecified atom stereocenters. The van der Waals surface area contributed by atoms with Crippen LogP contribution in [-0.2, 0) is 6.61 Å². The van der Waals surface area contributed by atoms with Gasteiger partial charge in [0, 0.05) is 10.4 Å². The zero-order valence-corrected chi connectivity index (χ0v) is 24.0. The number of halogens is 2. The van der Waals surface area contributed by atoms with Gasteiger partial charge in [-0.1, -0.05) is 53.5 Å². The summed E-state index contributed by atoms with van der Waals surface area (Å²) >= 11 is 10.0. The molecule has 202 valence electrons. The quantitative estimate of drug-likeness (QED) is 0.196. The predicted octanol–water partition coefficient (Wildman–Crippen LogP) is 6.88. The summed E-state index contributed by atoms with van der Waals surface area (Å²) in [5, 5.41) is 14.4. The molecule has 0 aliphatic rings. The van der Waals surface area contributed by atoms with E-state index in [0.717, 1.165) is 16.5 Å². The van der Waals surface area contributed by atoms with E-state index in [9.17, 15) is 9.59 Å². The van der Waals surface area contributed by atoms with Crippen LogP contribution in [0.1, 0.15) is 60.4 Å². The minimum atomic E-state index is -0.993. The number of nitrogens with zero attached hydrogens (tertiary/aromatic N) is 3. The van der Waals surface area contributed by atoms with Crippen molar-refractivity contribution in [2.24, 2.45) is 5.10 Å². The van der Waals surface area contributed by atoms with E-state index in [0.29, 0.717) is 45.4 Å². The van der Waals surface area contributed by atoms with Gasteiger partial charge < -0.3 is 14.6 Å². The smallest absolute Gasteiger partial charge is 0.335 e. The molecule has 0 amide bonds. The average Bonchev–Trinajstić information content (AvgIpc) is 2.92. The molecule has 3 aromatic carbocycles. The summed E-state index contributed by atoms with van der Waals surface area (Å²) in [5.41, 5.74) is 1.93. The van der Waals surface area contributed by atoms with Gasteiger partial charge in [-0.05, 0) is 66.9 Å². The molecule has 0 aliphatic carbocycles. The first-order valence-corrected chi connectivity index (χ1v) is 13.6. The van der Waals surface area contributed by atoms with Crippen LogP contribution in [0.4, 0.5) is 0 Å². The van der Waals surface area contributed by atoms with Gasteiger partial charge in [-0.25, -0.2) is 9.78 Å². The first-order valence-electron chi connectivity index (χ1n) is 12.4. The van der Waals surface area contributed by atoms with Gasteiger partial charge in [0.2, 0.25) is 0 Å². The maximum absolute atomic E-state index is 13.4. The lowest BCUT2D eigenvalue weighted by molar-refractivity contribution is 0.0697. The third-order valence-corrected chi connectivity index (χ3v) is 6.90. The summed E-state index contributed by atoms with van der Waals surface area (Å²) in [4.78, 5) is 29.2. The normalized spacial score (nSPS) is 12.1. The zero-order chi connectivity index (χ0) is 28.1. The van der Waals surface area contributed by atoms with Crippen LogP contribution >= 0.6 is 27.5 Å². The van der Waals surface area contributed by atoms with Gasteiger partial charge in [0.1, 0.15) is 12.4 Å². The predicted molar refractivity (Wildman–Crippen MR) is 156 cm³/mol. The standard InChI is InChI=1S/C29H27BrClN3O5/c1-4-17(3)27-33-24-11-10-21(30)14-22(24)28(35)34(27)32-15-19-12-23(31)26(25(13-19)38-5-2)39-16-18-6-8-20(9-7-18)29(36)37/h6-15,17H,4-5,16H2,1-3H3,(H,36,37)/t17-/m0/s1. The third kappa shape index (κ3) is 6.49. The van der Waals surface area contributed by atoms with Gasteiger partial charge in [-0.15, -0.1) is 0 Å². The van der Waals surface area contributed by atoms with Crippen molar-refractivity contribution in [3.05, 3.63) is 97.0 Å². The molecule has 0 aliphatic heterocycles. The lowest BCUT2D eigenvalue weighted by atomic mass is 10.1. The van der Waals surface area contributed by atoms with Crippen LogP contribution in [0.3, 0.4) is 0 Å². The van der Waals surface area contributed by atoms with Crippen molar-refractivity contribution in [3.63, 3.8) is 0 Å². The highest BCUT2D eigenvalue weighted by molar-refractivity contribution is 9.10. The molecule has 1 aromatic heterocycles. The monoisotopic (exact) mass is 611 g/mol. The number of ether oxygens (including phenoxy) is 2. The van der Waals surface area contributed by atoms with Crippen LogP contribution in [0.25, 0.3) is 10.9 Å². The summed E-state index contributed by atoms with van der Waals surface area (Å²) in [6, 6.07) is 15.2. The van der Waals surface area contributed by atoms with Crippen LogP contribution in [-0.4, -0.2) is 33.6 Å². The van der Waals surface area contributed by atoms with Crippen molar-refractivity contribution < 1.29 is 19.4 Å². The second kappa shape index (κ2) is 12.4. The van der Waals surface area contributed by atoms with Gasteiger partial charge >= 0.3 is 5.97 Å². The van der Waals surface area contributed by atoms with Crippen molar-refractivity contribution >= 4 is 50.6 Å². The maximum atomic E-state index is 13.4. The molecule has 0 fully saturated rings. The van der Waals surface area contributed by atoms with Gasteiger partial charge in [0.25, 0.3) is 5.56 Å². The van der Waals surface area contributed by atoms with E-state index in [1.54, 1.807) is 36.5 Å². The molecular weight excluding hydrogens is 586 g/mol. The molecule has 1 atom stereocenters. The lowest BCUT2D eigenvalue weighted by Crippen LogP contribution is -2.23. The maximum Gasteiger partial charge on any atom is 0.335 e. The molecule has 0 saturated carbocycles. The number of benzene rings is 3. The lowest BCUT2D eigenvalue weighted by Gasteiger charge is -2.15. The fourth-order valence-electron chi connectivity index (χ4n) is 3.87. The zero-order valence-electron chi connectivity index (χ0n) is 21.6. The van der Waals surface area contributed by atoms with Crippen molar-refractivity contribution in [2.75, 3.05) is 6.61 Å². The van der Waals surface area contributed by atoms with E-state index in [-0.39, 0.29) is 23.6 Å². The summed E-state index contributed by atoms with van der Waals surface area (Å²) in [7, 11) is 0. The van der Waals surface area contributed by atoms with E-state index in [4.69, 9.17) is 31.2 Å². The van der Waals surface area contributed by atoms with E-state index in [2.05, 4.69) is 21.0 Å². The molecule has 0 saturated heterocycles. The van der Waals surface area contributed by atoms with Crippen molar-refractivity contribution in [3.8, 4) is 11.5 Å². The third-order valence-electron chi connectivity index (χ3n) is 6.12.